The summed E-state index contributed by atoms with van der Waals surface area (Å²) >= 11 is 0. The number of hydrogen-bond acceptors (Lipinski definition) is 3. The zero-order valence-electron chi connectivity index (χ0n) is 11.8. The third kappa shape index (κ3) is 3.02. The Kier molecular flexibility index (Phi) is 4.45. The maximum atomic E-state index is 13.8. The van der Waals surface area contributed by atoms with Crippen molar-refractivity contribution in [2.75, 3.05) is 19.5 Å². The highest BCUT2D eigenvalue weighted by molar-refractivity contribution is 5.52. The molecule has 0 radical (unpaired) electrons. The van der Waals surface area contributed by atoms with E-state index in [0.29, 0.717) is 11.4 Å². The number of hydrogen-bond donors (Lipinski definition) is 1. The molecule has 0 spiro atoms. The van der Waals surface area contributed by atoms with Crippen LogP contribution in [0.3, 0.4) is 0 Å². The van der Waals surface area contributed by atoms with Gasteiger partial charge in [0.25, 0.3) is 0 Å². The average Bonchev–Trinajstić information content (AvgIpc) is 2.49. The first-order valence-corrected chi connectivity index (χ1v) is 6.38. The van der Waals surface area contributed by atoms with E-state index >= 15 is 0 Å². The maximum absolute atomic E-state index is 13.8. The van der Waals surface area contributed by atoms with Gasteiger partial charge in [-0.05, 0) is 25.1 Å². The minimum Gasteiger partial charge on any atom is -0.497 e. The molecule has 4 heteroatoms. The fourth-order valence-corrected chi connectivity index (χ4v) is 2.08. The highest BCUT2D eigenvalue weighted by Crippen LogP contribution is 2.29. The molecule has 0 aliphatic carbocycles. The molecule has 0 aliphatic heterocycles. The number of rotatable bonds is 5. The summed E-state index contributed by atoms with van der Waals surface area (Å²) in [5.74, 6) is 1.07. The zero-order valence-corrected chi connectivity index (χ0v) is 11.8. The molecule has 0 bridgehead atoms. The molecule has 0 saturated heterocycles. The number of anilines is 1. The van der Waals surface area contributed by atoms with E-state index in [-0.39, 0.29) is 11.9 Å². The molecule has 1 unspecified atom stereocenters. The lowest BCUT2D eigenvalue weighted by Crippen LogP contribution is -2.09. The molecule has 0 aromatic heterocycles. The van der Waals surface area contributed by atoms with Crippen LogP contribution in [0.2, 0.25) is 0 Å². The van der Waals surface area contributed by atoms with E-state index in [1.54, 1.807) is 26.4 Å². The van der Waals surface area contributed by atoms with Crippen LogP contribution >= 0.6 is 0 Å². The van der Waals surface area contributed by atoms with Crippen molar-refractivity contribution in [1.29, 1.82) is 0 Å². The molecule has 106 valence electrons. The molecule has 2 aromatic carbocycles. The summed E-state index contributed by atoms with van der Waals surface area (Å²) in [6, 6.07) is 12.2. The van der Waals surface area contributed by atoms with Gasteiger partial charge >= 0.3 is 0 Å². The van der Waals surface area contributed by atoms with Gasteiger partial charge in [0, 0.05) is 11.6 Å². The third-order valence-corrected chi connectivity index (χ3v) is 3.15. The Morgan fingerprint density at radius 2 is 1.80 bits per heavy atom. The molecule has 1 atom stereocenters. The molecule has 0 amide bonds. The Morgan fingerprint density at radius 3 is 2.50 bits per heavy atom. The van der Waals surface area contributed by atoms with Crippen LogP contribution in [0.15, 0.2) is 42.5 Å². The second-order valence-electron chi connectivity index (χ2n) is 4.45. The lowest BCUT2D eigenvalue weighted by molar-refractivity contribution is 0.407. The van der Waals surface area contributed by atoms with Crippen LogP contribution in [0.4, 0.5) is 10.1 Å². The molecule has 2 rings (SSSR count). The molecule has 0 saturated carbocycles. The van der Waals surface area contributed by atoms with Crippen LogP contribution < -0.4 is 14.8 Å². The zero-order chi connectivity index (χ0) is 14.5. The van der Waals surface area contributed by atoms with Gasteiger partial charge in [-0.1, -0.05) is 18.2 Å². The molecule has 3 nitrogen and oxygen atoms in total. The van der Waals surface area contributed by atoms with E-state index in [1.165, 1.54) is 6.07 Å². The Morgan fingerprint density at radius 1 is 1.05 bits per heavy atom. The van der Waals surface area contributed by atoms with Crippen molar-refractivity contribution in [2.45, 2.75) is 13.0 Å². The van der Waals surface area contributed by atoms with Gasteiger partial charge in [0.15, 0.2) is 0 Å². The minimum atomic E-state index is -0.312. The first kappa shape index (κ1) is 14.2. The van der Waals surface area contributed by atoms with Gasteiger partial charge in [-0.2, -0.15) is 0 Å². The van der Waals surface area contributed by atoms with E-state index in [4.69, 9.17) is 9.47 Å². The molecule has 0 aliphatic rings. The summed E-state index contributed by atoms with van der Waals surface area (Å²) < 4.78 is 24.2. The number of ether oxygens (including phenoxy) is 2. The first-order valence-electron chi connectivity index (χ1n) is 6.38. The lowest BCUT2D eigenvalue weighted by atomic mass is 10.1. The predicted octanol–water partition coefficient (Wildman–Crippen LogP) is 4.02. The van der Waals surface area contributed by atoms with Crippen LogP contribution in [0, 0.1) is 5.82 Å². The predicted molar refractivity (Wildman–Crippen MR) is 78.0 cm³/mol. The number of benzene rings is 2. The van der Waals surface area contributed by atoms with Crippen LogP contribution in [0.1, 0.15) is 18.5 Å². The second-order valence-corrected chi connectivity index (χ2v) is 4.45. The van der Waals surface area contributed by atoms with Crippen molar-refractivity contribution in [1.82, 2.24) is 0 Å². The molecule has 2 aromatic rings. The lowest BCUT2D eigenvalue weighted by Gasteiger charge is -2.19. The largest absolute Gasteiger partial charge is 0.497 e. The monoisotopic (exact) mass is 275 g/mol. The van der Waals surface area contributed by atoms with Gasteiger partial charge in [0.2, 0.25) is 0 Å². The average molecular weight is 275 g/mol. The fraction of sp³-hybridized carbons (Fsp3) is 0.250. The standard InChI is InChI=1S/C16H18FNO2/c1-11(13-6-4-5-7-16(13)20-3)18-15-10-12(19-2)8-9-14(15)17/h4-11,18H,1-3H3. The Bertz CT molecular complexity index is 586. The molecular weight excluding hydrogens is 257 g/mol. The summed E-state index contributed by atoms with van der Waals surface area (Å²) in [7, 11) is 3.18. The number of nitrogens with one attached hydrogen (secondary N) is 1. The summed E-state index contributed by atoms with van der Waals surface area (Å²) in [5, 5.41) is 3.14. The van der Waals surface area contributed by atoms with Crippen LogP contribution in [0.5, 0.6) is 11.5 Å². The molecule has 0 heterocycles. The van der Waals surface area contributed by atoms with Gasteiger partial charge in [-0.25, -0.2) is 4.39 Å². The topological polar surface area (TPSA) is 30.5 Å². The van der Waals surface area contributed by atoms with E-state index in [1.807, 2.05) is 31.2 Å². The smallest absolute Gasteiger partial charge is 0.146 e. The summed E-state index contributed by atoms with van der Waals surface area (Å²) in [6.45, 7) is 1.96. The van der Waals surface area contributed by atoms with Gasteiger partial charge in [0.1, 0.15) is 17.3 Å². The van der Waals surface area contributed by atoms with Gasteiger partial charge in [-0.3, -0.25) is 0 Å². The van der Waals surface area contributed by atoms with Crippen LogP contribution in [0.25, 0.3) is 0 Å². The van der Waals surface area contributed by atoms with E-state index in [0.717, 1.165) is 11.3 Å². The maximum Gasteiger partial charge on any atom is 0.146 e. The van der Waals surface area contributed by atoms with Crippen molar-refractivity contribution in [2.24, 2.45) is 0 Å². The quantitative estimate of drug-likeness (QED) is 0.894. The summed E-state index contributed by atoms with van der Waals surface area (Å²) in [5.41, 5.74) is 1.37. The van der Waals surface area contributed by atoms with Gasteiger partial charge in [-0.15, -0.1) is 0 Å². The van der Waals surface area contributed by atoms with Crippen molar-refractivity contribution in [3.8, 4) is 11.5 Å². The van der Waals surface area contributed by atoms with E-state index in [9.17, 15) is 4.39 Å². The minimum absolute atomic E-state index is 0.0900. The second kappa shape index (κ2) is 6.28. The normalized spacial score (nSPS) is 11.8. The molecule has 0 fully saturated rings. The molecule has 20 heavy (non-hydrogen) atoms. The van der Waals surface area contributed by atoms with Crippen molar-refractivity contribution < 1.29 is 13.9 Å². The summed E-state index contributed by atoms with van der Waals surface area (Å²) in [4.78, 5) is 0. The van der Waals surface area contributed by atoms with Crippen LogP contribution in [-0.4, -0.2) is 14.2 Å². The van der Waals surface area contributed by atoms with Gasteiger partial charge < -0.3 is 14.8 Å². The van der Waals surface area contributed by atoms with Crippen molar-refractivity contribution in [3.63, 3.8) is 0 Å². The van der Waals surface area contributed by atoms with Gasteiger partial charge in [0.05, 0.1) is 25.9 Å². The summed E-state index contributed by atoms with van der Waals surface area (Å²) in [6.07, 6.45) is 0. The first-order chi connectivity index (χ1) is 9.65. The third-order valence-electron chi connectivity index (χ3n) is 3.15. The number of halogens is 1. The molecular formula is C16H18FNO2. The highest BCUT2D eigenvalue weighted by Gasteiger charge is 2.13. The Labute approximate surface area is 118 Å². The van der Waals surface area contributed by atoms with E-state index in [2.05, 4.69) is 5.32 Å². The van der Waals surface area contributed by atoms with Crippen LogP contribution in [-0.2, 0) is 0 Å². The highest BCUT2D eigenvalue weighted by atomic mass is 19.1. The Balaban J connectivity index is 2.25. The Hall–Kier alpha value is -2.23. The van der Waals surface area contributed by atoms with Crippen molar-refractivity contribution in [3.05, 3.63) is 53.8 Å². The molecule has 1 N–H and O–H groups in total. The fourth-order valence-electron chi connectivity index (χ4n) is 2.08. The number of methoxy groups -OCH3 is 2. The number of para-hydroxylation sites is 1. The SMILES string of the molecule is COc1ccc(F)c(NC(C)c2ccccc2OC)c1. The van der Waals surface area contributed by atoms with Crippen molar-refractivity contribution >= 4 is 5.69 Å². The van der Waals surface area contributed by atoms with E-state index < -0.39 is 0 Å².